The van der Waals surface area contributed by atoms with Crippen LogP contribution in [0, 0.1) is 10.1 Å². The molecule has 0 aliphatic heterocycles. The lowest BCUT2D eigenvalue weighted by Gasteiger charge is -2.15. The first-order chi connectivity index (χ1) is 8.95. The van der Waals surface area contributed by atoms with Gasteiger partial charge in [-0.1, -0.05) is 0 Å². The molecule has 12 heteroatoms. The highest BCUT2D eigenvalue weighted by molar-refractivity contribution is 5.49. The highest BCUT2D eigenvalue weighted by atomic mass is 19.4. The number of ether oxygens (including phenoxy) is 2. The Balaban J connectivity index is 3.52. The molecule has 6 nitrogen and oxygen atoms in total. The summed E-state index contributed by atoms with van der Waals surface area (Å²) in [5.74, 6) is -2.92. The first kappa shape index (κ1) is 15.8. The number of alkyl halides is 6. The Morgan fingerprint density at radius 3 is 2.15 bits per heavy atom. The number of hydrogen-bond donors (Lipinski definition) is 0. The van der Waals surface area contributed by atoms with E-state index in [0.29, 0.717) is 0 Å². The monoisotopic (exact) mass is 306 g/mol. The fourth-order valence-corrected chi connectivity index (χ4v) is 1.15. The first-order valence-electron chi connectivity index (χ1n) is 4.52. The van der Waals surface area contributed by atoms with Crippen molar-refractivity contribution in [3.8, 4) is 11.6 Å². The van der Waals surface area contributed by atoms with Gasteiger partial charge in [-0.25, -0.2) is 0 Å². The van der Waals surface area contributed by atoms with Gasteiger partial charge in [0.15, 0.2) is 11.4 Å². The van der Waals surface area contributed by atoms with Crippen molar-refractivity contribution in [2.24, 2.45) is 0 Å². The Morgan fingerprint density at radius 2 is 1.80 bits per heavy atom. The normalized spacial score (nSPS) is 12.2. The van der Waals surface area contributed by atoms with Crippen LogP contribution in [-0.2, 0) is 6.18 Å². The minimum atomic E-state index is -5.47. The third-order valence-corrected chi connectivity index (χ3v) is 1.82. The molecule has 1 aromatic heterocycles. The van der Waals surface area contributed by atoms with Gasteiger partial charge < -0.3 is 9.47 Å². The van der Waals surface area contributed by atoms with Crippen LogP contribution in [0.2, 0.25) is 0 Å². The van der Waals surface area contributed by atoms with E-state index in [4.69, 9.17) is 0 Å². The molecule has 0 aromatic carbocycles. The number of methoxy groups -OCH3 is 1. The third-order valence-electron chi connectivity index (χ3n) is 1.82. The van der Waals surface area contributed by atoms with Crippen LogP contribution in [0.1, 0.15) is 5.69 Å². The zero-order valence-electron chi connectivity index (χ0n) is 9.37. The second-order valence-electron chi connectivity index (χ2n) is 3.17. The molecule has 0 bridgehead atoms. The second-order valence-corrected chi connectivity index (χ2v) is 3.17. The Kier molecular flexibility index (Phi) is 3.96. The van der Waals surface area contributed by atoms with Gasteiger partial charge in [0.05, 0.1) is 18.1 Å². The summed E-state index contributed by atoms with van der Waals surface area (Å²) in [6.07, 6.45) is -10.8. The van der Waals surface area contributed by atoms with Crippen LogP contribution in [0.3, 0.4) is 0 Å². The Bertz CT molecular complexity index is 527. The van der Waals surface area contributed by atoms with Gasteiger partial charge in [-0.15, -0.1) is 13.2 Å². The lowest BCUT2D eigenvalue weighted by Crippen LogP contribution is -2.21. The summed E-state index contributed by atoms with van der Waals surface area (Å²) in [6.45, 7) is 0. The molecule has 0 saturated heterocycles. The quantitative estimate of drug-likeness (QED) is 0.487. The van der Waals surface area contributed by atoms with E-state index in [1.807, 2.05) is 0 Å². The molecular weight excluding hydrogens is 302 g/mol. The van der Waals surface area contributed by atoms with Gasteiger partial charge in [0, 0.05) is 0 Å². The standard InChI is InChI=1S/C8H4F6N2O4/c1-19-6-3(16(17)18)2-4(20-8(12,13)14)5(15-6)7(9,10)11/h2H,1H3. The lowest BCUT2D eigenvalue weighted by molar-refractivity contribution is -0.386. The summed E-state index contributed by atoms with van der Waals surface area (Å²) in [7, 11) is 0.778. The average Bonchev–Trinajstić information content (AvgIpc) is 2.24. The van der Waals surface area contributed by atoms with Crippen molar-refractivity contribution in [3.05, 3.63) is 21.9 Å². The highest BCUT2D eigenvalue weighted by Crippen LogP contribution is 2.41. The largest absolute Gasteiger partial charge is 0.573 e. The van der Waals surface area contributed by atoms with Crippen molar-refractivity contribution in [3.63, 3.8) is 0 Å². The van der Waals surface area contributed by atoms with Crippen LogP contribution in [0.15, 0.2) is 6.07 Å². The van der Waals surface area contributed by atoms with Crippen LogP contribution in [0.4, 0.5) is 32.0 Å². The van der Waals surface area contributed by atoms with Gasteiger partial charge in [-0.05, 0) is 0 Å². The number of aromatic nitrogens is 1. The summed E-state index contributed by atoms with van der Waals surface area (Å²) >= 11 is 0. The summed E-state index contributed by atoms with van der Waals surface area (Å²) in [5, 5.41) is 10.5. The van der Waals surface area contributed by atoms with Crippen molar-refractivity contribution >= 4 is 5.69 Å². The lowest BCUT2D eigenvalue weighted by atomic mass is 10.3. The molecular formula is C8H4F6N2O4. The van der Waals surface area contributed by atoms with E-state index in [1.54, 1.807) is 0 Å². The van der Waals surface area contributed by atoms with Gasteiger partial charge in [0.1, 0.15) is 0 Å². The Hall–Kier alpha value is -2.27. The van der Waals surface area contributed by atoms with Gasteiger partial charge in [0.2, 0.25) is 0 Å². The molecule has 0 aliphatic rings. The van der Waals surface area contributed by atoms with Crippen LogP contribution >= 0.6 is 0 Å². The van der Waals surface area contributed by atoms with E-state index >= 15 is 0 Å². The number of rotatable bonds is 3. The van der Waals surface area contributed by atoms with E-state index in [1.165, 1.54) is 0 Å². The fraction of sp³-hybridized carbons (Fsp3) is 0.375. The third kappa shape index (κ3) is 3.61. The average molecular weight is 306 g/mol. The second kappa shape index (κ2) is 5.02. The van der Waals surface area contributed by atoms with Crippen molar-refractivity contribution < 1.29 is 40.7 Å². The minimum Gasteiger partial charge on any atom is -0.476 e. The topological polar surface area (TPSA) is 74.5 Å². The van der Waals surface area contributed by atoms with Gasteiger partial charge in [0.25, 0.3) is 5.88 Å². The summed E-state index contributed by atoms with van der Waals surface area (Å²) < 4.78 is 81.0. The maximum atomic E-state index is 12.5. The molecule has 1 aromatic rings. The zero-order valence-corrected chi connectivity index (χ0v) is 9.37. The summed E-state index contributed by atoms with van der Waals surface area (Å²) in [5.41, 5.74) is -3.28. The predicted molar refractivity (Wildman–Crippen MR) is 49.1 cm³/mol. The minimum absolute atomic E-state index is 0.0534. The molecule has 0 fully saturated rings. The Labute approximate surface area is 106 Å². The molecule has 0 N–H and O–H groups in total. The number of pyridine rings is 1. The van der Waals surface area contributed by atoms with Crippen LogP contribution < -0.4 is 9.47 Å². The van der Waals surface area contributed by atoms with E-state index in [9.17, 15) is 36.5 Å². The number of hydrogen-bond acceptors (Lipinski definition) is 5. The van der Waals surface area contributed by atoms with E-state index in [-0.39, 0.29) is 6.07 Å². The van der Waals surface area contributed by atoms with E-state index in [0.717, 1.165) is 7.11 Å². The fourth-order valence-electron chi connectivity index (χ4n) is 1.15. The van der Waals surface area contributed by atoms with Crippen molar-refractivity contribution in [1.29, 1.82) is 0 Å². The molecule has 0 unspecified atom stereocenters. The molecule has 0 saturated carbocycles. The highest BCUT2D eigenvalue weighted by Gasteiger charge is 2.43. The smallest absolute Gasteiger partial charge is 0.476 e. The molecule has 0 atom stereocenters. The summed E-state index contributed by atoms with van der Waals surface area (Å²) in [4.78, 5) is 11.9. The zero-order chi connectivity index (χ0) is 15.7. The molecule has 112 valence electrons. The maximum Gasteiger partial charge on any atom is 0.573 e. The van der Waals surface area contributed by atoms with E-state index < -0.39 is 40.5 Å². The molecule has 0 spiro atoms. The first-order valence-corrected chi connectivity index (χ1v) is 4.52. The Morgan fingerprint density at radius 1 is 1.25 bits per heavy atom. The SMILES string of the molecule is COc1nc(C(F)(F)F)c(OC(F)(F)F)cc1[N+](=O)[O-]. The maximum absolute atomic E-state index is 12.5. The van der Waals surface area contributed by atoms with Gasteiger partial charge >= 0.3 is 18.2 Å². The molecule has 0 radical (unpaired) electrons. The van der Waals surface area contributed by atoms with Crippen molar-refractivity contribution in [1.82, 2.24) is 4.98 Å². The van der Waals surface area contributed by atoms with Gasteiger partial charge in [-0.3, -0.25) is 10.1 Å². The van der Waals surface area contributed by atoms with Gasteiger partial charge in [-0.2, -0.15) is 18.2 Å². The molecule has 0 aliphatic carbocycles. The molecule has 1 heterocycles. The molecule has 20 heavy (non-hydrogen) atoms. The van der Waals surface area contributed by atoms with Crippen LogP contribution in [0.25, 0.3) is 0 Å². The number of nitro groups is 1. The van der Waals surface area contributed by atoms with Crippen molar-refractivity contribution in [2.75, 3.05) is 7.11 Å². The van der Waals surface area contributed by atoms with Crippen LogP contribution in [-0.4, -0.2) is 23.4 Å². The number of nitrogens with zero attached hydrogens (tertiary/aromatic N) is 2. The number of halogens is 6. The van der Waals surface area contributed by atoms with E-state index in [2.05, 4.69) is 14.5 Å². The molecule has 0 amide bonds. The summed E-state index contributed by atoms with van der Waals surface area (Å²) in [6, 6.07) is -0.0534. The predicted octanol–water partition coefficient (Wildman–Crippen LogP) is 2.92. The van der Waals surface area contributed by atoms with Crippen molar-refractivity contribution in [2.45, 2.75) is 12.5 Å². The van der Waals surface area contributed by atoms with Crippen LogP contribution in [0.5, 0.6) is 11.6 Å². The molecule has 1 rings (SSSR count).